The Hall–Kier alpha value is -2.97. The van der Waals surface area contributed by atoms with E-state index in [1.165, 1.54) is 17.2 Å². The molecule has 0 unspecified atom stereocenters. The van der Waals surface area contributed by atoms with Crippen LogP contribution in [-0.4, -0.2) is 78.9 Å². The first-order valence-corrected chi connectivity index (χ1v) is 17.0. The fourth-order valence-corrected chi connectivity index (χ4v) is 8.29. The molecule has 3 fully saturated rings. The van der Waals surface area contributed by atoms with Gasteiger partial charge in [-0.1, -0.05) is 12.2 Å². The number of H-pyrrole nitrogens is 1. The molecule has 4 aromatic heterocycles. The van der Waals surface area contributed by atoms with Crippen LogP contribution in [0.4, 0.5) is 5.95 Å². The van der Waals surface area contributed by atoms with Crippen LogP contribution in [0.1, 0.15) is 31.5 Å². The summed E-state index contributed by atoms with van der Waals surface area (Å²) in [5, 5.41) is 0. The highest BCUT2D eigenvalue weighted by Crippen LogP contribution is 2.57. The molecule has 3 aliphatic rings. The third kappa shape index (κ3) is 5.21. The molecule has 2 aliphatic heterocycles. The van der Waals surface area contributed by atoms with Crippen LogP contribution in [0.2, 0.25) is 0 Å². The highest BCUT2D eigenvalue weighted by Gasteiger charge is 2.45. The number of hydrogen-bond donors (Lipinski definition) is 4. The van der Waals surface area contributed by atoms with Crippen molar-refractivity contribution in [3.8, 4) is 0 Å². The summed E-state index contributed by atoms with van der Waals surface area (Å²) in [5.74, 6) is -0.631. The van der Waals surface area contributed by atoms with E-state index in [9.17, 15) is 17.8 Å². The molecule has 1 saturated carbocycles. The lowest BCUT2D eigenvalue weighted by Gasteiger charge is -2.25. The summed E-state index contributed by atoms with van der Waals surface area (Å²) in [6.45, 7) is -4.36. The van der Waals surface area contributed by atoms with Crippen LogP contribution in [0.5, 0.6) is 0 Å². The zero-order chi connectivity index (χ0) is 29.2. The molecule has 2 bridgehead atoms. The van der Waals surface area contributed by atoms with Crippen molar-refractivity contribution in [2.24, 2.45) is 5.92 Å². The van der Waals surface area contributed by atoms with Gasteiger partial charge in [-0.05, 0) is 12.8 Å². The Balaban J connectivity index is 1.17. The molecule has 18 nitrogen and oxygen atoms in total. The lowest BCUT2D eigenvalue weighted by atomic mass is 10.1. The molecule has 0 amide bonds. The number of hydrogen-bond acceptors (Lipinski definition) is 14. The normalized spacial score (nSPS) is 33.6. The highest BCUT2D eigenvalue weighted by molar-refractivity contribution is 8.44. The number of anilines is 1. The van der Waals surface area contributed by atoms with Gasteiger partial charge >= 0.3 is 17.1 Å². The second-order valence-corrected chi connectivity index (χ2v) is 14.5. The average molecular weight is 641 g/mol. The van der Waals surface area contributed by atoms with Gasteiger partial charge in [0.1, 0.15) is 17.9 Å². The Morgan fingerprint density at radius 2 is 1.93 bits per heavy atom. The van der Waals surface area contributed by atoms with Gasteiger partial charge < -0.3 is 19.6 Å². The zero-order valence-corrected chi connectivity index (χ0v) is 24.2. The van der Waals surface area contributed by atoms with Crippen LogP contribution < -0.4 is 16.0 Å². The van der Waals surface area contributed by atoms with Gasteiger partial charge in [0.15, 0.2) is 23.0 Å². The van der Waals surface area contributed by atoms with E-state index < -0.39 is 53.1 Å². The average Bonchev–Trinajstić information content (AvgIpc) is 3.70. The standard InChI is InChI=1S/C21H25N10O8PS2/c22-21-28-18-16(19(32)29-21)26-9-31(18)20-15-3-12(37-20)4-27-42(34,35)39-14-2-11(1-10(14)6-36-40(33,41)38-15)30-8-25-13-5-23-7-24-17(13)30/h5,7-12,14-15,20,27H,1-4,6H2,(H,33,41)(H3,22,28,29,32)/t10-,11-,12+,14+,15-,20-,40-/m1/s1. The van der Waals surface area contributed by atoms with Crippen LogP contribution in [0.3, 0.4) is 0 Å². The van der Waals surface area contributed by atoms with Crippen LogP contribution in [0, 0.1) is 5.92 Å². The number of nitrogen functional groups attached to an aromatic ring is 1. The van der Waals surface area contributed by atoms with E-state index >= 15 is 0 Å². The van der Waals surface area contributed by atoms with Gasteiger partial charge in [0.05, 0.1) is 37.7 Å². The number of nitrogens with one attached hydrogen (secondary N) is 2. The molecule has 7 atom stereocenters. The molecule has 6 heterocycles. The van der Waals surface area contributed by atoms with Crippen molar-refractivity contribution in [3.63, 3.8) is 0 Å². The summed E-state index contributed by atoms with van der Waals surface area (Å²) in [7, 11) is -4.24. The van der Waals surface area contributed by atoms with E-state index in [-0.39, 0.29) is 42.7 Å². The molecule has 1 aliphatic carbocycles. The number of nitrogens with two attached hydrogens (primary N) is 1. The lowest BCUT2D eigenvalue weighted by molar-refractivity contribution is -0.0298. The third-order valence-corrected chi connectivity index (χ3v) is 10.2. The fourth-order valence-electron chi connectivity index (χ4n) is 5.73. The number of imidazole rings is 2. The molecular weight excluding hydrogens is 615 g/mol. The monoisotopic (exact) mass is 640 g/mol. The second-order valence-electron chi connectivity index (χ2n) is 10.3. The van der Waals surface area contributed by atoms with E-state index in [1.54, 1.807) is 12.5 Å². The predicted molar refractivity (Wildman–Crippen MR) is 147 cm³/mol. The van der Waals surface area contributed by atoms with Gasteiger partial charge in [0.2, 0.25) is 5.95 Å². The first-order valence-electron chi connectivity index (χ1n) is 12.9. The molecule has 224 valence electrons. The smallest absolute Gasteiger partial charge is 0.369 e. The number of ether oxygens (including phenoxy) is 1. The molecule has 0 spiro atoms. The first kappa shape index (κ1) is 27.8. The topological polar surface area (TPSA) is 233 Å². The number of fused-ring (bicyclic) bond motifs is 5. The maximum Gasteiger partial charge on any atom is 0.386 e. The van der Waals surface area contributed by atoms with Crippen molar-refractivity contribution >= 4 is 57.6 Å². The summed E-state index contributed by atoms with van der Waals surface area (Å²) in [4.78, 5) is 35.5. The summed E-state index contributed by atoms with van der Waals surface area (Å²) >= 11 is 4.21. The Bertz CT molecular complexity index is 1880. The largest absolute Gasteiger partial charge is 0.386 e. The number of aromatic nitrogens is 8. The summed E-state index contributed by atoms with van der Waals surface area (Å²) in [6.07, 6.45) is 3.25. The van der Waals surface area contributed by atoms with Crippen molar-refractivity contribution < 1.29 is 31.0 Å². The highest BCUT2D eigenvalue weighted by atomic mass is 32.7. The zero-order valence-electron chi connectivity index (χ0n) is 21.6. The number of thiol groups is 1. The quantitative estimate of drug-likeness (QED) is 0.172. The Morgan fingerprint density at radius 3 is 2.79 bits per heavy atom. The Labute approximate surface area is 242 Å². The minimum Gasteiger partial charge on any atom is -0.369 e. The minimum absolute atomic E-state index is 0.00257. The second kappa shape index (κ2) is 10.3. The van der Waals surface area contributed by atoms with E-state index in [4.69, 9.17) is 23.7 Å². The van der Waals surface area contributed by atoms with E-state index in [0.717, 1.165) is 0 Å². The summed E-state index contributed by atoms with van der Waals surface area (Å²) in [6, 6.07) is -0.228. The van der Waals surface area contributed by atoms with Gasteiger partial charge in [-0.15, -0.1) is 0 Å². The van der Waals surface area contributed by atoms with Gasteiger partial charge in [-0.25, -0.2) is 24.5 Å². The van der Waals surface area contributed by atoms with E-state index in [2.05, 4.69) is 46.9 Å². The fraction of sp³-hybridized carbons (Fsp3) is 0.524. The molecule has 42 heavy (non-hydrogen) atoms. The maximum atomic E-state index is 13.5. The van der Waals surface area contributed by atoms with Crippen LogP contribution in [-0.2, 0) is 32.8 Å². The Kier molecular flexibility index (Phi) is 6.85. The van der Waals surface area contributed by atoms with Gasteiger partial charge in [0.25, 0.3) is 5.56 Å². The minimum atomic E-state index is -4.24. The van der Waals surface area contributed by atoms with Crippen molar-refractivity contribution in [1.29, 1.82) is 0 Å². The van der Waals surface area contributed by atoms with Gasteiger partial charge in [-0.3, -0.25) is 23.1 Å². The van der Waals surface area contributed by atoms with Gasteiger partial charge in [-0.2, -0.15) is 18.1 Å². The van der Waals surface area contributed by atoms with Gasteiger partial charge in [0, 0.05) is 24.9 Å². The molecule has 2 saturated heterocycles. The SMILES string of the molecule is Nc1nc2c(ncn2[C@@H]2O[C@@H]3CNS(=O)(=O)O[C@H]4C[C@H](n5cnc6cncnc65)C[C@@H]4CO[P@@](=O)(S)O[C@@H]2C3)c(=O)[nH]1. The molecular formula is C21H25N10O8PS2. The predicted octanol–water partition coefficient (Wildman–Crippen LogP) is 0.453. The van der Waals surface area contributed by atoms with Crippen molar-refractivity contribution in [3.05, 3.63) is 35.5 Å². The number of aromatic amines is 1. The third-order valence-electron chi connectivity index (χ3n) is 7.57. The van der Waals surface area contributed by atoms with Crippen molar-refractivity contribution in [2.45, 2.75) is 49.8 Å². The van der Waals surface area contributed by atoms with E-state index in [0.29, 0.717) is 24.0 Å². The van der Waals surface area contributed by atoms with E-state index in [1.807, 2.05) is 4.57 Å². The van der Waals surface area contributed by atoms with Crippen LogP contribution in [0.25, 0.3) is 22.3 Å². The maximum absolute atomic E-state index is 13.5. The summed E-state index contributed by atoms with van der Waals surface area (Å²) in [5.41, 5.74) is 6.47. The Morgan fingerprint density at radius 1 is 1.10 bits per heavy atom. The van der Waals surface area contributed by atoms with Crippen molar-refractivity contribution in [1.82, 2.24) is 43.8 Å². The van der Waals surface area contributed by atoms with Crippen LogP contribution in [0.15, 0.2) is 30.0 Å². The molecule has 4 aromatic rings. The molecule has 4 N–H and O–H groups in total. The molecule has 7 rings (SSSR count). The molecule has 0 radical (unpaired) electrons. The first-order chi connectivity index (χ1) is 20.1. The molecule has 21 heteroatoms. The molecule has 0 aromatic carbocycles. The van der Waals surface area contributed by atoms with Crippen LogP contribution >= 0.6 is 19.0 Å². The van der Waals surface area contributed by atoms with Crippen molar-refractivity contribution in [2.75, 3.05) is 18.9 Å². The number of nitrogens with zero attached hydrogens (tertiary/aromatic N) is 7. The lowest BCUT2D eigenvalue weighted by Crippen LogP contribution is -2.37. The summed E-state index contributed by atoms with van der Waals surface area (Å²) < 4.78 is 68.5. The number of rotatable bonds is 2.